The lowest BCUT2D eigenvalue weighted by Gasteiger charge is -2.11. The fourth-order valence-electron chi connectivity index (χ4n) is 2.53. The lowest BCUT2D eigenvalue weighted by molar-refractivity contribution is -0.121. The van der Waals surface area contributed by atoms with Crippen LogP contribution < -0.4 is 10.6 Å². The summed E-state index contributed by atoms with van der Waals surface area (Å²) in [4.78, 5) is 28.4. The molecule has 5 nitrogen and oxygen atoms in total. The van der Waals surface area contributed by atoms with Crippen LogP contribution in [0.25, 0.3) is 16.3 Å². The van der Waals surface area contributed by atoms with Crippen LogP contribution in [0.4, 0.5) is 5.69 Å². The van der Waals surface area contributed by atoms with Gasteiger partial charge in [0.2, 0.25) is 11.8 Å². The van der Waals surface area contributed by atoms with E-state index in [-0.39, 0.29) is 18.4 Å². The van der Waals surface area contributed by atoms with Crippen molar-refractivity contribution in [3.8, 4) is 0 Å². The van der Waals surface area contributed by atoms with Gasteiger partial charge in [-0.3, -0.25) is 9.59 Å². The number of nitrogens with one attached hydrogen (secondary N) is 2. The Morgan fingerprint density at radius 3 is 2.54 bits per heavy atom. The molecule has 0 aliphatic carbocycles. The quantitative estimate of drug-likeness (QED) is 0.678. The Morgan fingerprint density at radius 1 is 1.08 bits per heavy atom. The number of anilines is 1. The van der Waals surface area contributed by atoms with Gasteiger partial charge in [-0.1, -0.05) is 30.3 Å². The number of carbonyl (C=O) groups excluding carboxylic acids is 2. The normalized spacial score (nSPS) is 11.0. The molecule has 0 fully saturated rings. The monoisotopic (exact) mass is 365 g/mol. The second-order valence-electron chi connectivity index (χ2n) is 5.89. The van der Waals surface area contributed by atoms with Gasteiger partial charge in [0.05, 0.1) is 16.8 Å². The second-order valence-corrected chi connectivity index (χ2v) is 6.95. The third kappa shape index (κ3) is 4.34. The van der Waals surface area contributed by atoms with Crippen molar-refractivity contribution in [1.29, 1.82) is 0 Å². The van der Waals surface area contributed by atoms with E-state index in [0.717, 1.165) is 32.0 Å². The number of hydrogen-bond donors (Lipinski definition) is 2. The number of fused-ring (bicyclic) bond motifs is 1. The fraction of sp³-hybridized carbons (Fsp3) is 0.150. The molecule has 0 saturated carbocycles. The van der Waals surface area contributed by atoms with Crippen molar-refractivity contribution in [2.24, 2.45) is 0 Å². The SMILES string of the molecule is Cc1cccc(C)c1NC(=O)CNC(=O)/C=C/c1nc2ccccc2s1. The molecule has 0 spiro atoms. The molecule has 132 valence electrons. The molecule has 0 atom stereocenters. The van der Waals surface area contributed by atoms with Crippen molar-refractivity contribution in [2.45, 2.75) is 13.8 Å². The number of benzene rings is 2. The number of amides is 2. The van der Waals surface area contributed by atoms with Gasteiger partial charge in [0.25, 0.3) is 0 Å². The van der Waals surface area contributed by atoms with Crippen LogP contribution in [0, 0.1) is 13.8 Å². The second kappa shape index (κ2) is 7.93. The first kappa shape index (κ1) is 17.8. The lowest BCUT2D eigenvalue weighted by atomic mass is 10.1. The zero-order chi connectivity index (χ0) is 18.5. The van der Waals surface area contributed by atoms with Crippen LogP contribution in [0.3, 0.4) is 0 Å². The molecule has 26 heavy (non-hydrogen) atoms. The first-order valence-electron chi connectivity index (χ1n) is 8.20. The Balaban J connectivity index is 1.54. The predicted octanol–water partition coefficient (Wildman–Crippen LogP) is 3.68. The molecule has 0 unspecified atom stereocenters. The number of rotatable bonds is 5. The van der Waals surface area contributed by atoms with Crippen molar-refractivity contribution in [1.82, 2.24) is 10.3 Å². The Morgan fingerprint density at radius 2 is 1.81 bits per heavy atom. The van der Waals surface area contributed by atoms with Gasteiger partial charge in [-0.25, -0.2) is 4.98 Å². The largest absolute Gasteiger partial charge is 0.343 e. The minimum absolute atomic E-state index is 0.0865. The number of aromatic nitrogens is 1. The topological polar surface area (TPSA) is 71.1 Å². The first-order valence-corrected chi connectivity index (χ1v) is 9.02. The Labute approximate surface area is 155 Å². The summed E-state index contributed by atoms with van der Waals surface area (Å²) in [6.07, 6.45) is 3.05. The van der Waals surface area contributed by atoms with Gasteiger partial charge in [0, 0.05) is 11.8 Å². The average Bonchev–Trinajstić information content (AvgIpc) is 3.04. The van der Waals surface area contributed by atoms with Crippen molar-refractivity contribution in [3.63, 3.8) is 0 Å². The van der Waals surface area contributed by atoms with Crippen LogP contribution in [-0.2, 0) is 9.59 Å². The lowest BCUT2D eigenvalue weighted by Crippen LogP contribution is -2.32. The van der Waals surface area contributed by atoms with E-state index >= 15 is 0 Å². The zero-order valence-corrected chi connectivity index (χ0v) is 15.4. The highest BCUT2D eigenvalue weighted by atomic mass is 32.1. The van der Waals surface area contributed by atoms with Crippen LogP contribution in [0.5, 0.6) is 0 Å². The third-order valence-electron chi connectivity index (χ3n) is 3.86. The molecule has 0 aliphatic heterocycles. The minimum Gasteiger partial charge on any atom is -0.343 e. The summed E-state index contributed by atoms with van der Waals surface area (Å²) in [6.45, 7) is 3.78. The number of hydrogen-bond acceptors (Lipinski definition) is 4. The van der Waals surface area contributed by atoms with Crippen LogP contribution in [0.15, 0.2) is 48.5 Å². The Hall–Kier alpha value is -2.99. The summed E-state index contributed by atoms with van der Waals surface area (Å²) >= 11 is 1.51. The summed E-state index contributed by atoms with van der Waals surface area (Å²) in [7, 11) is 0. The summed E-state index contributed by atoms with van der Waals surface area (Å²) in [5, 5.41) is 6.17. The predicted molar refractivity (Wildman–Crippen MR) is 106 cm³/mol. The third-order valence-corrected chi connectivity index (χ3v) is 4.86. The molecule has 1 aromatic heterocycles. The molecule has 0 radical (unpaired) electrons. The molecule has 0 saturated heterocycles. The maximum Gasteiger partial charge on any atom is 0.244 e. The van der Waals surface area contributed by atoms with Crippen molar-refractivity contribution < 1.29 is 9.59 Å². The molecule has 0 bridgehead atoms. The molecule has 1 heterocycles. The van der Waals surface area contributed by atoms with Gasteiger partial charge in [-0.2, -0.15) is 0 Å². The van der Waals surface area contributed by atoms with Gasteiger partial charge < -0.3 is 10.6 Å². The summed E-state index contributed by atoms with van der Waals surface area (Å²) < 4.78 is 1.07. The molecular formula is C20H19N3O2S. The number of nitrogens with zero attached hydrogens (tertiary/aromatic N) is 1. The van der Waals surface area contributed by atoms with Crippen molar-refractivity contribution in [3.05, 3.63) is 64.7 Å². The van der Waals surface area contributed by atoms with E-state index in [9.17, 15) is 9.59 Å². The first-order chi connectivity index (χ1) is 12.5. The van der Waals surface area contributed by atoms with Crippen LogP contribution >= 0.6 is 11.3 Å². The standard InChI is InChI=1S/C20H19N3O2S/c1-13-6-5-7-14(2)20(13)23-18(25)12-21-17(24)10-11-19-22-15-8-3-4-9-16(15)26-19/h3-11H,12H2,1-2H3,(H,21,24)(H,23,25)/b11-10+. The van der Waals surface area contributed by atoms with Gasteiger partial charge in [-0.05, 0) is 43.2 Å². The number of carbonyl (C=O) groups is 2. The highest BCUT2D eigenvalue weighted by Gasteiger charge is 2.08. The molecule has 0 aliphatic rings. The van der Waals surface area contributed by atoms with E-state index in [1.165, 1.54) is 17.4 Å². The highest BCUT2D eigenvalue weighted by Crippen LogP contribution is 2.22. The van der Waals surface area contributed by atoms with E-state index in [2.05, 4.69) is 15.6 Å². The average molecular weight is 365 g/mol. The summed E-state index contributed by atoms with van der Waals surface area (Å²) in [5.41, 5.74) is 3.67. The zero-order valence-electron chi connectivity index (χ0n) is 14.6. The molecule has 6 heteroatoms. The smallest absolute Gasteiger partial charge is 0.244 e. The molecule has 2 aromatic carbocycles. The van der Waals surface area contributed by atoms with Gasteiger partial charge in [-0.15, -0.1) is 11.3 Å². The van der Waals surface area contributed by atoms with E-state index in [1.807, 2.05) is 56.3 Å². The van der Waals surface area contributed by atoms with Crippen molar-refractivity contribution >= 4 is 45.1 Å². The maximum absolute atomic E-state index is 12.1. The van der Waals surface area contributed by atoms with Gasteiger partial charge in [0.1, 0.15) is 5.01 Å². The fourth-order valence-corrected chi connectivity index (χ4v) is 3.40. The van der Waals surface area contributed by atoms with Gasteiger partial charge in [0.15, 0.2) is 0 Å². The molecular weight excluding hydrogens is 346 g/mol. The van der Waals surface area contributed by atoms with Crippen LogP contribution in [-0.4, -0.2) is 23.3 Å². The minimum atomic E-state index is -0.332. The molecule has 3 rings (SSSR count). The van der Waals surface area contributed by atoms with Crippen LogP contribution in [0.1, 0.15) is 16.1 Å². The number of para-hydroxylation sites is 2. The van der Waals surface area contributed by atoms with E-state index in [0.29, 0.717) is 0 Å². The Bertz CT molecular complexity index is 938. The van der Waals surface area contributed by atoms with E-state index in [4.69, 9.17) is 0 Å². The Kier molecular flexibility index (Phi) is 5.43. The number of thiazole rings is 1. The highest BCUT2D eigenvalue weighted by molar-refractivity contribution is 7.19. The van der Waals surface area contributed by atoms with Crippen LogP contribution in [0.2, 0.25) is 0 Å². The summed E-state index contributed by atoms with van der Waals surface area (Å²) in [6, 6.07) is 13.6. The maximum atomic E-state index is 12.1. The number of aryl methyl sites for hydroxylation is 2. The molecule has 2 amide bonds. The summed E-state index contributed by atoms with van der Waals surface area (Å²) in [5.74, 6) is -0.593. The van der Waals surface area contributed by atoms with E-state index in [1.54, 1.807) is 6.08 Å². The van der Waals surface area contributed by atoms with Gasteiger partial charge >= 0.3 is 0 Å². The molecule has 2 N–H and O–H groups in total. The van der Waals surface area contributed by atoms with Crippen molar-refractivity contribution in [2.75, 3.05) is 11.9 Å². The molecule has 3 aromatic rings. The van der Waals surface area contributed by atoms with E-state index < -0.39 is 0 Å².